The van der Waals surface area contributed by atoms with Gasteiger partial charge < -0.3 is 10.6 Å². The van der Waals surface area contributed by atoms with Crippen molar-refractivity contribution >= 4 is 17.7 Å². The molecule has 1 rings (SSSR count). The summed E-state index contributed by atoms with van der Waals surface area (Å²) in [5.41, 5.74) is 0.0840. The average molecular weight is 286 g/mol. The number of hydrogen-bond acceptors (Lipinski definition) is 3. The molecule has 0 saturated carbocycles. The fraction of sp³-hybridized carbons (Fsp3) is 0.933. The van der Waals surface area contributed by atoms with Crippen LogP contribution in [-0.4, -0.2) is 37.0 Å². The largest absolute Gasteiger partial charge is 0.355 e. The highest BCUT2D eigenvalue weighted by atomic mass is 32.2. The Hall–Kier alpha value is -0.220. The fourth-order valence-corrected chi connectivity index (χ4v) is 3.19. The summed E-state index contributed by atoms with van der Waals surface area (Å²) in [4.78, 5) is 12.2. The van der Waals surface area contributed by atoms with Crippen LogP contribution in [0.5, 0.6) is 0 Å². The van der Waals surface area contributed by atoms with Crippen LogP contribution in [0.25, 0.3) is 0 Å². The zero-order valence-electron chi connectivity index (χ0n) is 12.8. The molecule has 4 heteroatoms. The first-order valence-corrected chi connectivity index (χ1v) is 8.97. The van der Waals surface area contributed by atoms with Crippen LogP contribution >= 0.6 is 11.8 Å². The smallest absolute Gasteiger partial charge is 0.237 e. The summed E-state index contributed by atoms with van der Waals surface area (Å²) in [6, 6.07) is -0.0160. The van der Waals surface area contributed by atoms with Gasteiger partial charge in [-0.05, 0) is 49.7 Å². The van der Waals surface area contributed by atoms with Crippen LogP contribution in [0.3, 0.4) is 0 Å². The standard InChI is InChI=1S/C15H30N2OS/c1-15(2)9-8-11-16-13(15)14(18)17-10-6-4-5-7-12-19-3/h13,16H,4-12H2,1-3H3,(H,17,18). The SMILES string of the molecule is CSCCCCCCNC(=O)C1NCCCC1(C)C. The number of amides is 1. The minimum atomic E-state index is -0.0160. The second-order valence-electron chi connectivity index (χ2n) is 6.18. The Bertz CT molecular complexity index is 269. The summed E-state index contributed by atoms with van der Waals surface area (Å²) in [7, 11) is 0. The molecular formula is C15H30N2OS. The van der Waals surface area contributed by atoms with E-state index in [9.17, 15) is 4.79 Å². The number of thioether (sulfide) groups is 1. The molecule has 2 N–H and O–H groups in total. The molecule has 1 heterocycles. The van der Waals surface area contributed by atoms with Crippen molar-refractivity contribution in [3.05, 3.63) is 0 Å². The van der Waals surface area contributed by atoms with E-state index in [2.05, 4.69) is 30.7 Å². The fourth-order valence-electron chi connectivity index (χ4n) is 2.70. The highest BCUT2D eigenvalue weighted by Gasteiger charge is 2.36. The van der Waals surface area contributed by atoms with E-state index in [0.717, 1.165) is 25.9 Å². The number of hydrogen-bond donors (Lipinski definition) is 2. The molecule has 1 aliphatic heterocycles. The number of rotatable bonds is 8. The molecule has 112 valence electrons. The first-order chi connectivity index (χ1) is 9.08. The lowest BCUT2D eigenvalue weighted by molar-refractivity contribution is -0.126. The number of carbonyl (C=O) groups is 1. The van der Waals surface area contributed by atoms with Crippen molar-refractivity contribution in [2.24, 2.45) is 5.41 Å². The molecule has 0 aromatic carbocycles. The molecule has 19 heavy (non-hydrogen) atoms. The summed E-state index contributed by atoms with van der Waals surface area (Å²) in [5.74, 6) is 1.45. The summed E-state index contributed by atoms with van der Waals surface area (Å²) >= 11 is 1.91. The predicted octanol–water partition coefficient (Wildman–Crippen LogP) is 2.80. The van der Waals surface area contributed by atoms with Crippen molar-refractivity contribution < 1.29 is 4.79 Å². The van der Waals surface area contributed by atoms with Crippen LogP contribution in [0.1, 0.15) is 52.4 Å². The Morgan fingerprint density at radius 2 is 2.05 bits per heavy atom. The third-order valence-electron chi connectivity index (χ3n) is 3.96. The van der Waals surface area contributed by atoms with E-state index < -0.39 is 0 Å². The van der Waals surface area contributed by atoms with Gasteiger partial charge in [-0.15, -0.1) is 0 Å². The lowest BCUT2D eigenvalue weighted by atomic mass is 9.77. The first-order valence-electron chi connectivity index (χ1n) is 7.58. The molecule has 1 fully saturated rings. The molecule has 3 nitrogen and oxygen atoms in total. The minimum Gasteiger partial charge on any atom is -0.355 e. The maximum Gasteiger partial charge on any atom is 0.237 e. The van der Waals surface area contributed by atoms with Crippen LogP contribution in [0, 0.1) is 5.41 Å². The van der Waals surface area contributed by atoms with Crippen molar-refractivity contribution in [3.8, 4) is 0 Å². The number of nitrogens with one attached hydrogen (secondary N) is 2. The molecule has 1 aliphatic rings. The van der Waals surface area contributed by atoms with Gasteiger partial charge in [0.25, 0.3) is 0 Å². The van der Waals surface area contributed by atoms with Crippen molar-refractivity contribution in [3.63, 3.8) is 0 Å². The monoisotopic (exact) mass is 286 g/mol. The van der Waals surface area contributed by atoms with Gasteiger partial charge in [0.15, 0.2) is 0 Å². The first kappa shape index (κ1) is 16.8. The Labute approximate surface area is 122 Å². The van der Waals surface area contributed by atoms with Crippen LogP contribution < -0.4 is 10.6 Å². The number of unbranched alkanes of at least 4 members (excludes halogenated alkanes) is 3. The molecule has 1 atom stereocenters. The highest BCUT2D eigenvalue weighted by Crippen LogP contribution is 2.30. The third-order valence-corrected chi connectivity index (χ3v) is 4.66. The van der Waals surface area contributed by atoms with E-state index in [4.69, 9.17) is 0 Å². The van der Waals surface area contributed by atoms with E-state index in [1.165, 1.54) is 31.4 Å². The maximum absolute atomic E-state index is 12.2. The molecule has 0 aromatic rings. The molecule has 0 spiro atoms. The lowest BCUT2D eigenvalue weighted by Gasteiger charge is -2.38. The van der Waals surface area contributed by atoms with Gasteiger partial charge in [-0.1, -0.05) is 26.7 Å². The Kier molecular flexibility index (Phi) is 7.84. The molecule has 1 amide bonds. The Morgan fingerprint density at radius 3 is 2.74 bits per heavy atom. The van der Waals surface area contributed by atoms with E-state index in [0.29, 0.717) is 0 Å². The summed E-state index contributed by atoms with van der Waals surface area (Å²) in [6.45, 7) is 6.17. The van der Waals surface area contributed by atoms with E-state index >= 15 is 0 Å². The van der Waals surface area contributed by atoms with Crippen LogP contribution in [0.15, 0.2) is 0 Å². The van der Waals surface area contributed by atoms with E-state index in [1.54, 1.807) is 0 Å². The Balaban J connectivity index is 2.13. The molecular weight excluding hydrogens is 256 g/mol. The van der Waals surface area contributed by atoms with Crippen LogP contribution in [0.4, 0.5) is 0 Å². The van der Waals surface area contributed by atoms with Gasteiger partial charge in [-0.2, -0.15) is 11.8 Å². The zero-order chi connectivity index (χ0) is 14.1. The van der Waals surface area contributed by atoms with Gasteiger partial charge in [0.2, 0.25) is 5.91 Å². The predicted molar refractivity (Wildman–Crippen MR) is 84.7 cm³/mol. The lowest BCUT2D eigenvalue weighted by Crippen LogP contribution is -2.55. The summed E-state index contributed by atoms with van der Waals surface area (Å²) in [5, 5.41) is 6.46. The summed E-state index contributed by atoms with van der Waals surface area (Å²) < 4.78 is 0. The average Bonchev–Trinajstić information content (AvgIpc) is 2.37. The van der Waals surface area contributed by atoms with Crippen molar-refractivity contribution in [2.75, 3.05) is 25.1 Å². The van der Waals surface area contributed by atoms with Crippen LogP contribution in [0.2, 0.25) is 0 Å². The molecule has 0 bridgehead atoms. The normalized spacial score (nSPS) is 22.2. The highest BCUT2D eigenvalue weighted by molar-refractivity contribution is 7.98. The quantitative estimate of drug-likeness (QED) is 0.674. The molecule has 1 unspecified atom stereocenters. The van der Waals surface area contributed by atoms with Gasteiger partial charge in [0.05, 0.1) is 6.04 Å². The zero-order valence-corrected chi connectivity index (χ0v) is 13.6. The second-order valence-corrected chi connectivity index (χ2v) is 7.16. The van der Waals surface area contributed by atoms with E-state index in [1.807, 2.05) is 11.8 Å². The van der Waals surface area contributed by atoms with E-state index in [-0.39, 0.29) is 17.4 Å². The minimum absolute atomic E-state index is 0.0160. The third kappa shape index (κ3) is 6.17. The maximum atomic E-state index is 12.2. The molecule has 0 aromatic heterocycles. The number of piperidine rings is 1. The number of carbonyl (C=O) groups excluding carboxylic acids is 1. The van der Waals surface area contributed by atoms with Crippen molar-refractivity contribution in [1.82, 2.24) is 10.6 Å². The van der Waals surface area contributed by atoms with Gasteiger partial charge in [0.1, 0.15) is 0 Å². The molecule has 0 aliphatic carbocycles. The van der Waals surface area contributed by atoms with Crippen molar-refractivity contribution in [1.29, 1.82) is 0 Å². The molecule has 0 radical (unpaired) electrons. The molecule has 1 saturated heterocycles. The van der Waals surface area contributed by atoms with Gasteiger partial charge >= 0.3 is 0 Å². The van der Waals surface area contributed by atoms with Crippen LogP contribution in [-0.2, 0) is 4.79 Å². The second kappa shape index (κ2) is 8.85. The van der Waals surface area contributed by atoms with Crippen molar-refractivity contribution in [2.45, 2.75) is 58.4 Å². The van der Waals surface area contributed by atoms with Gasteiger partial charge in [0, 0.05) is 6.54 Å². The van der Waals surface area contributed by atoms with Gasteiger partial charge in [-0.25, -0.2) is 0 Å². The Morgan fingerprint density at radius 1 is 1.32 bits per heavy atom. The summed E-state index contributed by atoms with van der Waals surface area (Å²) in [6.07, 6.45) is 9.37. The van der Waals surface area contributed by atoms with Gasteiger partial charge in [-0.3, -0.25) is 4.79 Å². The topological polar surface area (TPSA) is 41.1 Å².